The second kappa shape index (κ2) is 9.33. The van der Waals surface area contributed by atoms with E-state index in [0.29, 0.717) is 28.7 Å². The van der Waals surface area contributed by atoms with Gasteiger partial charge in [-0.3, -0.25) is 4.79 Å². The zero-order chi connectivity index (χ0) is 19.8. The summed E-state index contributed by atoms with van der Waals surface area (Å²) in [5.41, 5.74) is 0.728. The van der Waals surface area contributed by atoms with Crippen LogP contribution in [0.4, 0.5) is 5.69 Å². The SMILES string of the molecule is COc1ccc(NC(=O)COC(=O)c2ccc(OC)c(OC)c2)cc1OC. The molecule has 0 unspecified atom stereocenters. The summed E-state index contributed by atoms with van der Waals surface area (Å²) in [5.74, 6) is 0.740. The summed E-state index contributed by atoms with van der Waals surface area (Å²) in [7, 11) is 5.97. The van der Waals surface area contributed by atoms with Crippen LogP contribution in [0, 0.1) is 0 Å². The molecule has 0 aromatic heterocycles. The predicted octanol–water partition coefficient (Wildman–Crippen LogP) is 2.52. The maximum Gasteiger partial charge on any atom is 0.338 e. The van der Waals surface area contributed by atoms with E-state index in [1.165, 1.54) is 40.6 Å². The summed E-state index contributed by atoms with van der Waals surface area (Å²) >= 11 is 0. The Morgan fingerprint density at radius 2 is 1.33 bits per heavy atom. The summed E-state index contributed by atoms with van der Waals surface area (Å²) < 4.78 is 25.6. The summed E-state index contributed by atoms with van der Waals surface area (Å²) in [5, 5.41) is 2.62. The predicted molar refractivity (Wildman–Crippen MR) is 98.0 cm³/mol. The van der Waals surface area contributed by atoms with Crippen molar-refractivity contribution >= 4 is 17.6 Å². The fourth-order valence-corrected chi connectivity index (χ4v) is 2.29. The Hall–Kier alpha value is -3.42. The van der Waals surface area contributed by atoms with Crippen molar-refractivity contribution in [2.24, 2.45) is 0 Å². The lowest BCUT2D eigenvalue weighted by Crippen LogP contribution is -2.21. The first kappa shape index (κ1) is 19.9. The number of hydrogen-bond donors (Lipinski definition) is 1. The number of nitrogens with one attached hydrogen (secondary N) is 1. The van der Waals surface area contributed by atoms with Gasteiger partial charge in [0.25, 0.3) is 5.91 Å². The van der Waals surface area contributed by atoms with Crippen molar-refractivity contribution < 1.29 is 33.3 Å². The number of methoxy groups -OCH3 is 4. The van der Waals surface area contributed by atoms with Gasteiger partial charge in [-0.05, 0) is 30.3 Å². The van der Waals surface area contributed by atoms with Gasteiger partial charge in [0.15, 0.2) is 29.6 Å². The zero-order valence-corrected chi connectivity index (χ0v) is 15.5. The third kappa shape index (κ3) is 5.04. The Labute approximate surface area is 156 Å². The van der Waals surface area contributed by atoms with Crippen molar-refractivity contribution in [2.75, 3.05) is 40.4 Å². The molecule has 2 aromatic carbocycles. The van der Waals surface area contributed by atoms with Crippen molar-refractivity contribution in [1.82, 2.24) is 0 Å². The van der Waals surface area contributed by atoms with E-state index in [9.17, 15) is 9.59 Å². The molecule has 0 saturated carbocycles. The van der Waals surface area contributed by atoms with Crippen molar-refractivity contribution in [1.29, 1.82) is 0 Å². The van der Waals surface area contributed by atoms with E-state index in [1.54, 1.807) is 24.3 Å². The van der Waals surface area contributed by atoms with Crippen LogP contribution in [0.15, 0.2) is 36.4 Å². The molecule has 0 atom stereocenters. The van der Waals surface area contributed by atoms with Gasteiger partial charge in [-0.2, -0.15) is 0 Å². The molecule has 27 heavy (non-hydrogen) atoms. The summed E-state index contributed by atoms with van der Waals surface area (Å²) in [6, 6.07) is 9.49. The Morgan fingerprint density at radius 3 is 1.93 bits per heavy atom. The van der Waals surface area contributed by atoms with Gasteiger partial charge in [0.05, 0.1) is 34.0 Å². The maximum atomic E-state index is 12.1. The van der Waals surface area contributed by atoms with Crippen molar-refractivity contribution in [3.63, 3.8) is 0 Å². The largest absolute Gasteiger partial charge is 0.493 e. The number of amides is 1. The van der Waals surface area contributed by atoms with Crippen LogP contribution in [0.5, 0.6) is 23.0 Å². The molecule has 0 aliphatic rings. The number of benzene rings is 2. The fourth-order valence-electron chi connectivity index (χ4n) is 2.29. The normalized spacial score (nSPS) is 9.93. The van der Waals surface area contributed by atoms with Gasteiger partial charge < -0.3 is 29.0 Å². The number of carbonyl (C=O) groups is 2. The summed E-state index contributed by atoms with van der Waals surface area (Å²) in [4.78, 5) is 24.1. The standard InChI is InChI=1S/C19H21NO7/c1-23-14-7-5-12(9-16(14)25-3)19(22)27-11-18(21)20-13-6-8-15(24-2)17(10-13)26-4/h5-10H,11H2,1-4H3,(H,20,21). The van der Waals surface area contributed by atoms with Crippen molar-refractivity contribution in [3.8, 4) is 23.0 Å². The molecule has 0 aliphatic heterocycles. The molecular weight excluding hydrogens is 354 g/mol. The van der Waals surface area contributed by atoms with Gasteiger partial charge in [0.2, 0.25) is 0 Å². The lowest BCUT2D eigenvalue weighted by atomic mass is 10.2. The molecule has 0 aliphatic carbocycles. The third-order valence-electron chi connectivity index (χ3n) is 3.62. The van der Waals surface area contributed by atoms with Crippen LogP contribution in [-0.4, -0.2) is 46.9 Å². The molecule has 0 heterocycles. The van der Waals surface area contributed by atoms with E-state index in [0.717, 1.165) is 0 Å². The van der Waals surface area contributed by atoms with Crippen LogP contribution in [0.3, 0.4) is 0 Å². The monoisotopic (exact) mass is 375 g/mol. The molecule has 1 amide bonds. The van der Waals surface area contributed by atoms with Gasteiger partial charge in [-0.15, -0.1) is 0 Å². The number of esters is 1. The minimum Gasteiger partial charge on any atom is -0.493 e. The molecule has 8 heteroatoms. The molecule has 1 N–H and O–H groups in total. The van der Waals surface area contributed by atoms with E-state index in [-0.39, 0.29) is 5.56 Å². The minimum absolute atomic E-state index is 0.242. The molecular formula is C19H21NO7. The number of rotatable bonds is 8. The molecule has 144 valence electrons. The Kier molecular flexibility index (Phi) is 6.87. The Balaban J connectivity index is 1.96. The van der Waals surface area contributed by atoms with Gasteiger partial charge in [-0.25, -0.2) is 4.79 Å². The van der Waals surface area contributed by atoms with Crippen molar-refractivity contribution in [2.45, 2.75) is 0 Å². The highest BCUT2D eigenvalue weighted by atomic mass is 16.5. The van der Waals surface area contributed by atoms with Gasteiger partial charge >= 0.3 is 5.97 Å². The minimum atomic E-state index is -0.654. The zero-order valence-electron chi connectivity index (χ0n) is 15.5. The Morgan fingerprint density at radius 1 is 0.778 bits per heavy atom. The van der Waals surface area contributed by atoms with Crippen LogP contribution in [0.2, 0.25) is 0 Å². The topological polar surface area (TPSA) is 92.3 Å². The van der Waals surface area contributed by atoms with E-state index < -0.39 is 18.5 Å². The van der Waals surface area contributed by atoms with Crippen molar-refractivity contribution in [3.05, 3.63) is 42.0 Å². The first-order valence-corrected chi connectivity index (χ1v) is 7.93. The van der Waals surface area contributed by atoms with Crippen LogP contribution in [0.25, 0.3) is 0 Å². The summed E-state index contributed by atoms with van der Waals surface area (Å²) in [6.07, 6.45) is 0. The van der Waals surface area contributed by atoms with E-state index in [1.807, 2.05) is 0 Å². The number of hydrogen-bond acceptors (Lipinski definition) is 7. The highest BCUT2D eigenvalue weighted by molar-refractivity contribution is 5.96. The highest BCUT2D eigenvalue weighted by Gasteiger charge is 2.14. The molecule has 2 aromatic rings. The van der Waals surface area contributed by atoms with Gasteiger partial charge in [0, 0.05) is 11.8 Å². The van der Waals surface area contributed by atoms with E-state index in [2.05, 4.69) is 5.32 Å². The maximum absolute atomic E-state index is 12.1. The first-order chi connectivity index (χ1) is 13.0. The first-order valence-electron chi connectivity index (χ1n) is 7.93. The van der Waals surface area contributed by atoms with Crippen LogP contribution in [0.1, 0.15) is 10.4 Å². The highest BCUT2D eigenvalue weighted by Crippen LogP contribution is 2.30. The summed E-state index contributed by atoms with van der Waals surface area (Å²) in [6.45, 7) is -0.443. The Bertz CT molecular complexity index is 820. The van der Waals surface area contributed by atoms with E-state index in [4.69, 9.17) is 23.7 Å². The number of anilines is 1. The number of carbonyl (C=O) groups excluding carboxylic acids is 2. The molecule has 0 spiro atoms. The second-order valence-corrected chi connectivity index (χ2v) is 5.26. The van der Waals surface area contributed by atoms with Crippen LogP contribution >= 0.6 is 0 Å². The lowest BCUT2D eigenvalue weighted by Gasteiger charge is -2.11. The molecule has 0 bridgehead atoms. The molecule has 0 radical (unpaired) electrons. The smallest absolute Gasteiger partial charge is 0.338 e. The molecule has 0 fully saturated rings. The quantitative estimate of drug-likeness (QED) is 0.709. The lowest BCUT2D eigenvalue weighted by molar-refractivity contribution is -0.119. The van der Waals surface area contributed by atoms with E-state index >= 15 is 0 Å². The van der Waals surface area contributed by atoms with Gasteiger partial charge in [0.1, 0.15) is 0 Å². The third-order valence-corrected chi connectivity index (χ3v) is 3.62. The average Bonchev–Trinajstić information content (AvgIpc) is 2.71. The van der Waals surface area contributed by atoms with Gasteiger partial charge in [-0.1, -0.05) is 0 Å². The van der Waals surface area contributed by atoms with Crippen LogP contribution < -0.4 is 24.3 Å². The molecule has 2 rings (SSSR count). The molecule has 8 nitrogen and oxygen atoms in total. The second-order valence-electron chi connectivity index (χ2n) is 5.26. The molecule has 0 saturated heterocycles. The average molecular weight is 375 g/mol. The number of ether oxygens (including phenoxy) is 5. The van der Waals surface area contributed by atoms with Crippen LogP contribution in [-0.2, 0) is 9.53 Å². The fraction of sp³-hybridized carbons (Fsp3) is 0.263.